The van der Waals surface area contributed by atoms with Gasteiger partial charge in [0.25, 0.3) is 0 Å². The van der Waals surface area contributed by atoms with Gasteiger partial charge in [-0.1, -0.05) is 41.0 Å². The average molecular weight is 1060 g/mol. The summed E-state index contributed by atoms with van der Waals surface area (Å²) in [5.74, 6) is -11.8. The maximum Gasteiger partial charge on any atom is 0.308 e. The van der Waals surface area contributed by atoms with E-state index in [1.54, 1.807) is 39.0 Å². The first-order valence-electron chi connectivity index (χ1n) is 24.3. The van der Waals surface area contributed by atoms with Crippen LogP contribution in [0.25, 0.3) is 22.3 Å². The molecular weight excluding hydrogens is 997 g/mol. The van der Waals surface area contributed by atoms with E-state index in [0.29, 0.717) is 5.57 Å². The van der Waals surface area contributed by atoms with E-state index in [1.807, 2.05) is 13.8 Å². The number of hydrogen-bond acceptors (Lipinski definition) is 18. The lowest BCUT2D eigenvalue weighted by Gasteiger charge is -2.38. The molecule has 0 bridgehead atoms. The first kappa shape index (κ1) is 57.4. The lowest BCUT2D eigenvalue weighted by atomic mass is 9.65. The van der Waals surface area contributed by atoms with E-state index in [1.165, 1.54) is 69.3 Å². The zero-order valence-corrected chi connectivity index (χ0v) is 44.7. The number of carbonyl (C=O) groups excluding carboxylic acids is 8. The molecule has 1 aliphatic rings. The number of esters is 7. The summed E-state index contributed by atoms with van der Waals surface area (Å²) >= 11 is 0. The summed E-state index contributed by atoms with van der Waals surface area (Å²) in [5, 5.41) is 11.6. The van der Waals surface area contributed by atoms with Crippen molar-refractivity contribution in [3.8, 4) is 57.3 Å². The Morgan fingerprint density at radius 2 is 1.09 bits per heavy atom. The van der Waals surface area contributed by atoms with Gasteiger partial charge < -0.3 is 42.7 Å². The van der Waals surface area contributed by atoms with Crippen molar-refractivity contribution >= 4 is 58.5 Å². The second-order valence-electron chi connectivity index (χ2n) is 18.9. The van der Waals surface area contributed by atoms with Crippen LogP contribution in [0.3, 0.4) is 0 Å². The lowest BCUT2D eigenvalue weighted by molar-refractivity contribution is -0.133. The normalized spacial score (nSPS) is 14.8. The van der Waals surface area contributed by atoms with Crippen LogP contribution in [0, 0.1) is 5.92 Å². The number of phenols is 1. The summed E-state index contributed by atoms with van der Waals surface area (Å²) < 4.78 is 46.4. The van der Waals surface area contributed by atoms with E-state index in [0.717, 1.165) is 44.9 Å². The molecule has 0 saturated carbocycles. The highest BCUT2D eigenvalue weighted by molar-refractivity contribution is 6.04. The molecule has 1 aliphatic carbocycles. The number of fused-ring (bicyclic) bond motifs is 1. The zero-order chi connectivity index (χ0) is 56.7. The van der Waals surface area contributed by atoms with Gasteiger partial charge in [0, 0.05) is 101 Å². The molecule has 0 aliphatic heterocycles. The monoisotopic (exact) mass is 1050 g/mol. The predicted molar refractivity (Wildman–Crippen MR) is 280 cm³/mol. The molecule has 0 radical (unpaired) electrons. The number of rotatable bonds is 16. The first-order valence-corrected chi connectivity index (χ1v) is 24.3. The molecule has 402 valence electrons. The number of hydrogen-bond donors (Lipinski definition) is 1. The van der Waals surface area contributed by atoms with Crippen LogP contribution in [0.2, 0.25) is 0 Å². The van der Waals surface area contributed by atoms with Crippen molar-refractivity contribution in [3.05, 3.63) is 128 Å². The number of benzene rings is 4. The average Bonchev–Trinajstić information content (AvgIpc) is 3.35. The van der Waals surface area contributed by atoms with Crippen molar-refractivity contribution in [2.75, 3.05) is 0 Å². The number of carbonyl (C=O) groups is 8. The minimum absolute atomic E-state index is 0.00368. The third-order valence-corrected chi connectivity index (χ3v) is 12.0. The fraction of sp³-hybridized carbons (Fsp3) is 0.305. The molecule has 0 spiro atoms. The highest BCUT2D eigenvalue weighted by Gasteiger charge is 2.45. The summed E-state index contributed by atoms with van der Waals surface area (Å²) in [6.45, 7) is 17.0. The molecule has 77 heavy (non-hydrogen) atoms. The standard InChI is InChI=1S/C59H58O18/c1-28(2)13-17-41-48(72-33(8)62)22-21-44(57(41)76-37(12)66)55(68)52-45(40-19-15-38(70-31(6)60)25-49(40)73-34(9)63)23-30(5)24-46(52)53-51(75-36(11)65)27-47(67)54-56(69)43(18-14-29(3)4)58(77-59(53)54)42-20-16-39(71-32(7)61)26-50(42)74-35(10)64/h13-16,19-22,24-27,45-46,52,67H,17-18,23H2,1-12H3/t45?,46-,52-/m0/s1. The summed E-state index contributed by atoms with van der Waals surface area (Å²) in [4.78, 5) is 120. The van der Waals surface area contributed by atoms with Crippen LogP contribution >= 0.6 is 0 Å². The number of phenolic OH excluding ortho intramolecular Hbond substituents is 1. The Kier molecular flexibility index (Phi) is 18.0. The van der Waals surface area contributed by atoms with Crippen LogP contribution in [0.15, 0.2) is 98.8 Å². The van der Waals surface area contributed by atoms with Crippen molar-refractivity contribution < 1.29 is 81.0 Å². The number of ketones is 1. The molecule has 5 aromatic rings. The van der Waals surface area contributed by atoms with Crippen molar-refractivity contribution in [3.63, 3.8) is 0 Å². The van der Waals surface area contributed by atoms with E-state index < -0.39 is 81.9 Å². The van der Waals surface area contributed by atoms with Gasteiger partial charge in [0.05, 0.1) is 11.1 Å². The van der Waals surface area contributed by atoms with Gasteiger partial charge in [-0.2, -0.15) is 0 Å². The lowest BCUT2D eigenvalue weighted by Crippen LogP contribution is -2.33. The van der Waals surface area contributed by atoms with Crippen molar-refractivity contribution in [2.45, 2.75) is 114 Å². The van der Waals surface area contributed by atoms with Gasteiger partial charge in [-0.15, -0.1) is 0 Å². The van der Waals surface area contributed by atoms with Crippen LogP contribution in [0.1, 0.15) is 134 Å². The Balaban J connectivity index is 1.84. The van der Waals surface area contributed by atoms with Gasteiger partial charge >= 0.3 is 41.8 Å². The second-order valence-corrected chi connectivity index (χ2v) is 18.9. The molecule has 0 amide bonds. The van der Waals surface area contributed by atoms with Crippen LogP contribution < -0.4 is 38.6 Å². The molecule has 4 aromatic carbocycles. The number of ether oxygens (including phenoxy) is 7. The number of Topliss-reactive ketones (excluding diaryl/α,β-unsaturated/α-hetero) is 1. The van der Waals surface area contributed by atoms with Gasteiger partial charge in [-0.25, -0.2) is 0 Å². The number of allylic oxidation sites excluding steroid dienone is 6. The van der Waals surface area contributed by atoms with E-state index in [9.17, 15) is 38.7 Å². The van der Waals surface area contributed by atoms with Gasteiger partial charge in [0.2, 0.25) is 5.43 Å². The highest BCUT2D eigenvalue weighted by Crippen LogP contribution is 2.54. The molecule has 1 heterocycles. The Bertz CT molecular complexity index is 3430. The SMILES string of the molecule is CC(=O)Oc1ccc(-c2oc3c([C@H]4C=C(C)CC(c5ccc(OC(C)=O)cc5OC(C)=O)[C@@H]4C(=O)c4ccc(OC(C)=O)c(CC=C(C)C)c4OC(C)=O)c(OC(C)=O)cc(O)c3c(=O)c2CC=C(C)C)c(OC(C)=O)c1. The molecule has 0 saturated heterocycles. The van der Waals surface area contributed by atoms with Gasteiger partial charge in [0.1, 0.15) is 62.7 Å². The number of aromatic hydroxyl groups is 1. The molecule has 6 rings (SSSR count). The van der Waals surface area contributed by atoms with Crippen LogP contribution in [-0.4, -0.2) is 52.7 Å². The topological polar surface area (TPSA) is 252 Å². The second kappa shape index (κ2) is 24.2. The Labute approximate surface area is 443 Å². The van der Waals surface area contributed by atoms with E-state index in [4.69, 9.17) is 37.6 Å². The van der Waals surface area contributed by atoms with Gasteiger partial charge in [0.15, 0.2) is 5.78 Å². The fourth-order valence-electron chi connectivity index (χ4n) is 9.20. The summed E-state index contributed by atoms with van der Waals surface area (Å²) in [6.07, 6.45) is 5.17. The molecule has 1 unspecified atom stereocenters. The molecule has 0 fully saturated rings. The molecule has 18 nitrogen and oxygen atoms in total. The molecular formula is C59H58O18. The van der Waals surface area contributed by atoms with Gasteiger partial charge in [-0.3, -0.25) is 43.2 Å². The molecule has 3 atom stereocenters. The molecule has 1 aromatic heterocycles. The first-order chi connectivity index (χ1) is 36.2. The van der Waals surface area contributed by atoms with Crippen LogP contribution in [-0.2, 0) is 46.4 Å². The smallest absolute Gasteiger partial charge is 0.308 e. The Morgan fingerprint density at radius 1 is 0.584 bits per heavy atom. The highest BCUT2D eigenvalue weighted by atomic mass is 16.6. The fourth-order valence-corrected chi connectivity index (χ4v) is 9.20. The third-order valence-electron chi connectivity index (χ3n) is 12.0. The third kappa shape index (κ3) is 13.7. The van der Waals surface area contributed by atoms with E-state index in [2.05, 4.69) is 0 Å². The molecule has 1 N–H and O–H groups in total. The van der Waals surface area contributed by atoms with Crippen molar-refractivity contribution in [1.29, 1.82) is 0 Å². The predicted octanol–water partition coefficient (Wildman–Crippen LogP) is 10.4. The summed E-state index contributed by atoms with van der Waals surface area (Å²) in [6, 6.07) is 12.1. The quantitative estimate of drug-likeness (QED) is 0.0417. The minimum atomic E-state index is -1.46. The largest absolute Gasteiger partial charge is 0.507 e. The van der Waals surface area contributed by atoms with Crippen LogP contribution in [0.5, 0.6) is 46.0 Å². The van der Waals surface area contributed by atoms with Crippen LogP contribution in [0.4, 0.5) is 0 Å². The zero-order valence-electron chi connectivity index (χ0n) is 44.7. The minimum Gasteiger partial charge on any atom is -0.507 e. The van der Waals surface area contributed by atoms with Crippen molar-refractivity contribution in [2.24, 2.45) is 5.92 Å². The Hall–Kier alpha value is -8.93. The van der Waals surface area contributed by atoms with Gasteiger partial charge in [-0.05, 0) is 89.8 Å². The summed E-state index contributed by atoms with van der Waals surface area (Å²) in [5.41, 5.74) is 1.14. The van der Waals surface area contributed by atoms with E-state index >= 15 is 9.59 Å². The Morgan fingerprint density at radius 3 is 1.65 bits per heavy atom. The summed E-state index contributed by atoms with van der Waals surface area (Å²) in [7, 11) is 0. The van der Waals surface area contributed by atoms with Crippen molar-refractivity contribution in [1.82, 2.24) is 0 Å². The maximum absolute atomic E-state index is 16.3. The van der Waals surface area contributed by atoms with E-state index in [-0.39, 0.29) is 104 Å². The molecule has 18 heteroatoms. The maximum atomic E-state index is 16.3.